The molecule has 0 aliphatic carbocycles. The summed E-state index contributed by atoms with van der Waals surface area (Å²) in [6, 6.07) is 16.8. The topological polar surface area (TPSA) is 13.1 Å². The Bertz CT molecular complexity index is 799. The third-order valence-corrected chi connectivity index (χ3v) is 6.07. The summed E-state index contributed by atoms with van der Waals surface area (Å²) in [5, 5.41) is 0. The number of aryl methyl sites for hydroxylation is 2. The van der Waals surface area contributed by atoms with E-state index in [-0.39, 0.29) is 0 Å². The van der Waals surface area contributed by atoms with Gasteiger partial charge in [-0.3, -0.25) is 0 Å². The van der Waals surface area contributed by atoms with Gasteiger partial charge in [-0.25, -0.2) is 0 Å². The predicted molar refractivity (Wildman–Crippen MR) is 113 cm³/mol. The van der Waals surface area contributed by atoms with Gasteiger partial charge >= 0.3 is 81.7 Å². The van der Waals surface area contributed by atoms with Crippen LogP contribution in [0.1, 0.15) is 5.56 Å². The zero-order valence-corrected chi connectivity index (χ0v) is 20.8. The van der Waals surface area contributed by atoms with Crippen LogP contribution >= 0.6 is 61.7 Å². The van der Waals surface area contributed by atoms with Crippen molar-refractivity contribution in [3.05, 3.63) is 62.4 Å². The van der Waals surface area contributed by atoms with Gasteiger partial charge in [-0.05, 0) is 17.7 Å². The van der Waals surface area contributed by atoms with Gasteiger partial charge in [0.2, 0.25) is 0 Å². The van der Waals surface area contributed by atoms with E-state index >= 15 is 0 Å². The predicted octanol–water partition coefficient (Wildman–Crippen LogP) is 5.55. The van der Waals surface area contributed by atoms with Crippen LogP contribution in [0.5, 0.6) is 0 Å². The fraction of sp³-hybridized carbons (Fsp3) is 0.188. The zero-order valence-electron chi connectivity index (χ0n) is 12.6. The van der Waals surface area contributed by atoms with Crippen LogP contribution in [0, 0.1) is 3.80 Å². The molecule has 0 bridgehead atoms. The number of imidazole rings is 1. The van der Waals surface area contributed by atoms with E-state index in [1.54, 1.807) is 0 Å². The van der Waals surface area contributed by atoms with E-state index < -0.39 is 0 Å². The minimum absolute atomic E-state index is 0.981. The van der Waals surface area contributed by atoms with E-state index in [4.69, 9.17) is 0 Å². The van der Waals surface area contributed by atoms with Gasteiger partial charge in [-0.2, -0.15) is 1.33 Å². The molecule has 0 aliphatic heterocycles. The van der Waals surface area contributed by atoms with E-state index in [1.807, 2.05) is 0 Å². The first-order valence-electron chi connectivity index (χ1n) is 6.79. The molecular formula is C16H16BrI2N3Pt. The van der Waals surface area contributed by atoms with Crippen LogP contribution in [0.4, 0.5) is 0 Å². The van der Waals surface area contributed by atoms with Crippen molar-refractivity contribution in [3.63, 3.8) is 0 Å². The molecule has 3 aromatic rings. The van der Waals surface area contributed by atoms with Crippen molar-refractivity contribution in [2.75, 3.05) is 0 Å². The molecule has 0 radical (unpaired) electrons. The summed E-state index contributed by atoms with van der Waals surface area (Å²) in [7, 11) is 4.18. The molecule has 3 nitrogen and oxygen atoms in total. The van der Waals surface area contributed by atoms with Crippen LogP contribution in [-0.4, -0.2) is 10.5 Å². The van der Waals surface area contributed by atoms with Crippen molar-refractivity contribution in [1.29, 1.82) is 0 Å². The van der Waals surface area contributed by atoms with Crippen molar-refractivity contribution in [1.82, 2.24) is 10.5 Å². The summed E-state index contributed by atoms with van der Waals surface area (Å²) in [5.41, 5.74) is 3.90. The molecule has 1 heterocycles. The fourth-order valence-corrected chi connectivity index (χ4v) is 3.77. The molecule has 0 unspecified atom stereocenters. The molecule has 2 aromatic carbocycles. The van der Waals surface area contributed by atoms with E-state index in [9.17, 15) is 0 Å². The fourth-order valence-electron chi connectivity index (χ4n) is 2.17. The Hall–Kier alpha value is 0.498. The molecule has 0 saturated carbocycles. The SMILES string of the molecule is Brc1ccc(CN(I)I)cc1.Cn1[c](=[Pt])n(C)c2ccccc21. The van der Waals surface area contributed by atoms with E-state index in [0.29, 0.717) is 0 Å². The second kappa shape index (κ2) is 9.27. The Labute approximate surface area is 183 Å². The number of aromatic nitrogens is 2. The van der Waals surface area contributed by atoms with Crippen LogP contribution < -0.4 is 0 Å². The first-order chi connectivity index (χ1) is 10.9. The first kappa shape index (κ1) is 19.8. The van der Waals surface area contributed by atoms with E-state index in [1.165, 1.54) is 20.4 Å². The van der Waals surface area contributed by atoms with Crippen LogP contribution in [0.15, 0.2) is 53.0 Å². The summed E-state index contributed by atoms with van der Waals surface area (Å²) in [5.74, 6) is 0. The molecule has 7 heteroatoms. The van der Waals surface area contributed by atoms with Crippen LogP contribution in [0.2, 0.25) is 0 Å². The Balaban J connectivity index is 0.000000168. The van der Waals surface area contributed by atoms with Crippen molar-refractivity contribution in [2.24, 2.45) is 14.1 Å². The number of benzene rings is 2. The van der Waals surface area contributed by atoms with Crippen LogP contribution in [0.3, 0.4) is 0 Å². The molecule has 0 fully saturated rings. The van der Waals surface area contributed by atoms with Crippen molar-refractivity contribution in [3.8, 4) is 0 Å². The standard InChI is InChI=1S/C9H10N2.C7H6BrI2N.Pt/c1-10-7-11(2)9-6-4-3-5-8(9)10;8-7-3-1-6(2-4-7)5-11(9)10;/h3-6H,1-2H3;1-4H,5H2;. The average Bonchev–Trinajstić information content (AvgIpc) is 2.75. The maximum absolute atomic E-state index is 3.39. The van der Waals surface area contributed by atoms with Crippen molar-refractivity contribution < 1.29 is 19.4 Å². The number of rotatable bonds is 2. The number of nitrogens with zero attached hydrogens (tertiary/aromatic N) is 3. The van der Waals surface area contributed by atoms with Gasteiger partial charge in [-0.1, -0.05) is 28.1 Å². The van der Waals surface area contributed by atoms with E-state index in [0.717, 1.165) is 11.0 Å². The number of hydrogen-bond donors (Lipinski definition) is 0. The summed E-state index contributed by atoms with van der Waals surface area (Å²) < 4.78 is 8.86. The number of para-hydroxylation sites is 2. The Kier molecular flexibility index (Phi) is 7.98. The van der Waals surface area contributed by atoms with Crippen molar-refractivity contribution in [2.45, 2.75) is 6.54 Å². The molecule has 0 aliphatic rings. The molecule has 0 atom stereocenters. The third-order valence-electron chi connectivity index (χ3n) is 3.33. The maximum atomic E-state index is 3.39. The van der Waals surface area contributed by atoms with Crippen LogP contribution in [-0.2, 0) is 40.0 Å². The van der Waals surface area contributed by atoms with Gasteiger partial charge in [0.25, 0.3) is 0 Å². The number of hydrogen-bond acceptors (Lipinski definition) is 1. The van der Waals surface area contributed by atoms with Gasteiger partial charge < -0.3 is 0 Å². The number of halogens is 3. The van der Waals surface area contributed by atoms with Gasteiger partial charge in [0, 0.05) is 56.7 Å². The molecule has 0 amide bonds. The van der Waals surface area contributed by atoms with E-state index in [2.05, 4.69) is 154 Å². The van der Waals surface area contributed by atoms with Gasteiger partial charge in [-0.15, -0.1) is 0 Å². The summed E-state index contributed by atoms with van der Waals surface area (Å²) in [6.45, 7) is 0.981. The second-order valence-electron chi connectivity index (χ2n) is 4.94. The molecule has 23 heavy (non-hydrogen) atoms. The Morgan fingerprint density at radius 2 is 1.43 bits per heavy atom. The monoisotopic (exact) mass is 778 g/mol. The minimum atomic E-state index is 0.981. The van der Waals surface area contributed by atoms with Gasteiger partial charge in [0.05, 0.1) is 0 Å². The molecule has 126 valence electrons. The first-order valence-corrected chi connectivity index (χ1v) is 10.7. The molecular weight excluding hydrogens is 763 g/mol. The normalized spacial score (nSPS) is 10.8. The van der Waals surface area contributed by atoms with Crippen LogP contribution in [0.25, 0.3) is 11.0 Å². The summed E-state index contributed by atoms with van der Waals surface area (Å²) in [4.78, 5) is 0. The Morgan fingerprint density at radius 3 is 1.87 bits per heavy atom. The summed E-state index contributed by atoms with van der Waals surface area (Å²) in [6.07, 6.45) is 0. The molecule has 0 saturated heterocycles. The molecule has 0 N–H and O–H groups in total. The third kappa shape index (κ3) is 5.49. The Morgan fingerprint density at radius 1 is 0.957 bits per heavy atom. The van der Waals surface area contributed by atoms with Gasteiger partial charge in [0.1, 0.15) is 0 Å². The quantitative estimate of drug-likeness (QED) is 0.246. The molecule has 0 spiro atoms. The summed E-state index contributed by atoms with van der Waals surface area (Å²) >= 11 is 10.3. The number of fused-ring (bicyclic) bond motifs is 1. The second-order valence-corrected chi connectivity index (χ2v) is 11.0. The van der Waals surface area contributed by atoms with Crippen molar-refractivity contribution >= 4 is 72.7 Å². The van der Waals surface area contributed by atoms with Gasteiger partial charge in [0.15, 0.2) is 0 Å². The zero-order chi connectivity index (χ0) is 17.0. The average molecular weight is 779 g/mol. The molecule has 1 aromatic heterocycles. The molecule has 3 rings (SSSR count).